The summed E-state index contributed by atoms with van der Waals surface area (Å²) in [5.74, 6) is -1.87. The van der Waals surface area contributed by atoms with Gasteiger partial charge in [-0.1, -0.05) is 6.07 Å². The van der Waals surface area contributed by atoms with Gasteiger partial charge < -0.3 is 25.4 Å². The van der Waals surface area contributed by atoms with E-state index in [4.69, 9.17) is 15.9 Å². The fraction of sp³-hybridized carbons (Fsp3) is 0.364. The predicted molar refractivity (Wildman–Crippen MR) is 120 cm³/mol. The Morgan fingerprint density at radius 3 is 2.53 bits per heavy atom. The molecule has 0 spiro atoms. The lowest BCUT2D eigenvalue weighted by atomic mass is 10.1. The van der Waals surface area contributed by atoms with Crippen LogP contribution >= 0.6 is 11.3 Å². The van der Waals surface area contributed by atoms with Gasteiger partial charge >= 0.3 is 17.8 Å². The molecule has 1 aliphatic rings. The number of carbonyl (C=O) groups excluding carboxylic acids is 2. The van der Waals surface area contributed by atoms with E-state index in [0.29, 0.717) is 43.9 Å². The highest BCUT2D eigenvalue weighted by molar-refractivity contribution is 7.09. The molecule has 0 radical (unpaired) electrons. The van der Waals surface area contributed by atoms with Crippen molar-refractivity contribution in [3.63, 3.8) is 0 Å². The highest BCUT2D eigenvalue weighted by atomic mass is 32.1. The minimum absolute atomic E-state index is 0.00272. The number of carbonyl (C=O) groups is 3. The molecule has 2 aromatic rings. The molecule has 1 aliphatic heterocycles. The molecule has 3 rings (SSSR count). The van der Waals surface area contributed by atoms with E-state index in [2.05, 4.69) is 0 Å². The van der Waals surface area contributed by atoms with Gasteiger partial charge in [0.05, 0.1) is 6.61 Å². The van der Waals surface area contributed by atoms with Crippen molar-refractivity contribution in [2.24, 2.45) is 5.73 Å². The summed E-state index contributed by atoms with van der Waals surface area (Å²) in [6.07, 6.45) is 1.53. The Labute approximate surface area is 189 Å². The van der Waals surface area contributed by atoms with Gasteiger partial charge in [-0.05, 0) is 48.6 Å². The fourth-order valence-corrected chi connectivity index (χ4v) is 4.22. The van der Waals surface area contributed by atoms with E-state index in [-0.39, 0.29) is 18.8 Å². The summed E-state index contributed by atoms with van der Waals surface area (Å²) in [4.78, 5) is 40.3. The first-order chi connectivity index (χ1) is 15.4. The van der Waals surface area contributed by atoms with Gasteiger partial charge in [-0.15, -0.1) is 11.3 Å². The highest BCUT2D eigenvalue weighted by Crippen LogP contribution is 2.18. The zero-order chi connectivity index (χ0) is 23.1. The van der Waals surface area contributed by atoms with E-state index < -0.39 is 23.8 Å². The van der Waals surface area contributed by atoms with Gasteiger partial charge in [0.25, 0.3) is 0 Å². The number of benzene rings is 1. The third kappa shape index (κ3) is 5.85. The van der Waals surface area contributed by atoms with E-state index in [1.54, 1.807) is 24.3 Å². The molecule has 2 heterocycles. The summed E-state index contributed by atoms with van der Waals surface area (Å²) < 4.78 is 5.65. The number of hydrogen-bond acceptors (Lipinski definition) is 6. The third-order valence-corrected chi connectivity index (χ3v) is 6.13. The topological polar surface area (TPSA) is 137 Å². The monoisotopic (exact) mass is 458 g/mol. The van der Waals surface area contributed by atoms with E-state index in [0.717, 1.165) is 4.88 Å². The average molecular weight is 459 g/mol. The maximum atomic E-state index is 12.6. The normalized spacial score (nSPS) is 15.0. The lowest BCUT2D eigenvalue weighted by Gasteiger charge is -2.36. The van der Waals surface area contributed by atoms with Crippen LogP contribution in [0, 0.1) is 5.41 Å². The molecule has 1 saturated heterocycles. The van der Waals surface area contributed by atoms with Crippen LogP contribution in [0.15, 0.2) is 41.8 Å². The molecular weight excluding hydrogens is 432 g/mol. The smallest absolute Gasteiger partial charge is 0.326 e. The number of ether oxygens (including phenoxy) is 1. The lowest BCUT2D eigenvalue weighted by Crippen LogP contribution is -2.59. The van der Waals surface area contributed by atoms with Crippen molar-refractivity contribution in [2.45, 2.75) is 25.3 Å². The molecular formula is C22H26N4O5S. The summed E-state index contributed by atoms with van der Waals surface area (Å²) in [6, 6.07) is 9.52. The van der Waals surface area contributed by atoms with Crippen LogP contribution < -0.4 is 10.5 Å². The number of aliphatic carboxylic acids is 1. The molecule has 170 valence electrons. The number of hydrogen-bond donors (Lipinski definition) is 3. The second-order valence-corrected chi connectivity index (χ2v) is 8.45. The number of nitrogens with zero attached hydrogens (tertiary/aromatic N) is 2. The number of unbranched alkanes of at least 4 members (excludes halogenated alkanes) is 1. The first kappa shape index (κ1) is 23.3. The quantitative estimate of drug-likeness (QED) is 0.202. The van der Waals surface area contributed by atoms with Gasteiger partial charge in [-0.3, -0.25) is 15.0 Å². The van der Waals surface area contributed by atoms with Gasteiger partial charge in [0, 0.05) is 36.5 Å². The molecule has 1 aromatic carbocycles. The van der Waals surface area contributed by atoms with Crippen LogP contribution in [0.1, 0.15) is 23.3 Å². The Morgan fingerprint density at radius 1 is 1.16 bits per heavy atom. The molecule has 1 fully saturated rings. The minimum atomic E-state index is -1.11. The van der Waals surface area contributed by atoms with Gasteiger partial charge in [0.15, 0.2) is 0 Å². The van der Waals surface area contributed by atoms with Crippen molar-refractivity contribution in [1.29, 1.82) is 5.41 Å². The Balaban J connectivity index is 1.44. The second kappa shape index (κ2) is 10.8. The van der Waals surface area contributed by atoms with Crippen molar-refractivity contribution >= 4 is 35.0 Å². The standard InChI is InChI=1S/C22H26N4O5S/c23-19(24)15-5-7-16(8-6-15)31-12-2-1-9-25-10-11-26(21(28)20(25)27)18(22(29)30)14-17-4-3-13-32-17/h3-8,13,18H,1-2,9-12,14H2,(H3,23,24)(H,29,30). The molecule has 0 saturated carbocycles. The largest absolute Gasteiger partial charge is 0.494 e. The zero-order valence-electron chi connectivity index (χ0n) is 17.5. The predicted octanol–water partition coefficient (Wildman–Crippen LogP) is 1.56. The van der Waals surface area contributed by atoms with Crippen molar-refractivity contribution in [2.75, 3.05) is 26.2 Å². The molecule has 1 aromatic heterocycles. The van der Waals surface area contributed by atoms with Gasteiger partial charge in [0.1, 0.15) is 17.6 Å². The van der Waals surface area contributed by atoms with Crippen molar-refractivity contribution in [1.82, 2.24) is 9.80 Å². The van der Waals surface area contributed by atoms with E-state index in [9.17, 15) is 19.5 Å². The second-order valence-electron chi connectivity index (χ2n) is 7.42. The minimum Gasteiger partial charge on any atom is -0.494 e. The van der Waals surface area contributed by atoms with Crippen molar-refractivity contribution < 1.29 is 24.2 Å². The number of amidine groups is 1. The van der Waals surface area contributed by atoms with Crippen molar-refractivity contribution in [3.8, 4) is 5.75 Å². The van der Waals surface area contributed by atoms with Crippen LogP contribution in [-0.4, -0.2) is 70.8 Å². The Hall–Kier alpha value is -3.40. The van der Waals surface area contributed by atoms with Crippen LogP contribution in [0.2, 0.25) is 0 Å². The number of amides is 2. The maximum absolute atomic E-state index is 12.6. The van der Waals surface area contributed by atoms with Crippen LogP contribution in [-0.2, 0) is 20.8 Å². The van der Waals surface area contributed by atoms with E-state index >= 15 is 0 Å². The Kier molecular flexibility index (Phi) is 7.82. The number of nitrogens with two attached hydrogens (primary N) is 1. The first-order valence-electron chi connectivity index (χ1n) is 10.3. The summed E-state index contributed by atoms with van der Waals surface area (Å²) in [5.41, 5.74) is 6.05. The van der Waals surface area contributed by atoms with Crippen molar-refractivity contribution in [3.05, 3.63) is 52.2 Å². The van der Waals surface area contributed by atoms with E-state index in [1.165, 1.54) is 21.1 Å². The van der Waals surface area contributed by atoms with E-state index in [1.807, 2.05) is 17.5 Å². The number of rotatable bonds is 11. The Morgan fingerprint density at radius 2 is 1.91 bits per heavy atom. The average Bonchev–Trinajstić information content (AvgIpc) is 3.28. The fourth-order valence-electron chi connectivity index (χ4n) is 3.48. The van der Waals surface area contributed by atoms with Gasteiger partial charge in [-0.2, -0.15) is 0 Å². The van der Waals surface area contributed by atoms with Gasteiger partial charge in [-0.25, -0.2) is 4.79 Å². The molecule has 0 bridgehead atoms. The number of nitrogen functional groups attached to an aromatic ring is 1. The van der Waals surface area contributed by atoms with Gasteiger partial charge in [0.2, 0.25) is 0 Å². The van der Waals surface area contributed by atoms with Crippen LogP contribution in [0.4, 0.5) is 0 Å². The molecule has 0 aliphatic carbocycles. The Bertz CT molecular complexity index is 961. The van der Waals surface area contributed by atoms with Crippen LogP contribution in [0.5, 0.6) is 5.75 Å². The lowest BCUT2D eigenvalue weighted by molar-refractivity contribution is -0.162. The number of carboxylic acids is 1. The molecule has 4 N–H and O–H groups in total. The summed E-state index contributed by atoms with van der Waals surface area (Å²) >= 11 is 1.43. The highest BCUT2D eigenvalue weighted by Gasteiger charge is 2.39. The summed E-state index contributed by atoms with van der Waals surface area (Å²) in [5, 5.41) is 18.8. The molecule has 9 nitrogen and oxygen atoms in total. The summed E-state index contributed by atoms with van der Waals surface area (Å²) in [6.45, 7) is 1.37. The van der Waals surface area contributed by atoms with Crippen LogP contribution in [0.3, 0.4) is 0 Å². The number of piperazine rings is 1. The SMILES string of the molecule is N=C(N)c1ccc(OCCCCN2CCN(C(Cc3cccs3)C(=O)O)C(=O)C2=O)cc1. The molecule has 10 heteroatoms. The third-order valence-electron chi connectivity index (χ3n) is 5.23. The summed E-state index contributed by atoms with van der Waals surface area (Å²) in [7, 11) is 0. The number of nitrogens with one attached hydrogen (secondary N) is 1. The maximum Gasteiger partial charge on any atom is 0.326 e. The molecule has 1 atom stereocenters. The molecule has 2 amide bonds. The first-order valence-corrected chi connectivity index (χ1v) is 11.2. The molecule has 1 unspecified atom stereocenters. The zero-order valence-corrected chi connectivity index (χ0v) is 18.3. The number of carboxylic acid groups (broad SMARTS) is 1. The molecule has 32 heavy (non-hydrogen) atoms. The van der Waals surface area contributed by atoms with Crippen LogP contribution in [0.25, 0.3) is 0 Å². The number of thiophene rings is 1.